The van der Waals surface area contributed by atoms with Gasteiger partial charge in [0.15, 0.2) is 0 Å². The van der Waals surface area contributed by atoms with Crippen LogP contribution in [-0.2, 0) is 6.42 Å². The van der Waals surface area contributed by atoms with Gasteiger partial charge in [0.05, 0.1) is 0 Å². The molecule has 0 amide bonds. The molecular weight excluding hydrogens is 266 g/mol. The van der Waals surface area contributed by atoms with Crippen LogP contribution < -0.4 is 5.32 Å². The van der Waals surface area contributed by atoms with Gasteiger partial charge in [-0.15, -0.1) is 0 Å². The normalized spacial score (nSPS) is 31.9. The second-order valence-corrected chi connectivity index (χ2v) is 7.36. The molecule has 0 heterocycles. The van der Waals surface area contributed by atoms with Gasteiger partial charge in [0.25, 0.3) is 0 Å². The van der Waals surface area contributed by atoms with Gasteiger partial charge in [0.2, 0.25) is 0 Å². The molecule has 2 fully saturated rings. The summed E-state index contributed by atoms with van der Waals surface area (Å²) in [5.74, 6) is 1.92. The maximum atomic E-state index is 6.17. The Kier molecular flexibility index (Phi) is 4.37. The van der Waals surface area contributed by atoms with Crippen LogP contribution in [-0.4, -0.2) is 13.1 Å². The van der Waals surface area contributed by atoms with Crippen LogP contribution in [0.4, 0.5) is 0 Å². The average molecular weight is 292 g/mol. The van der Waals surface area contributed by atoms with Gasteiger partial charge in [0.1, 0.15) is 0 Å². The SMILES string of the molecule is CCCNCC1(Cc2cccc(Cl)c2)CC2CCC1C2. The highest BCUT2D eigenvalue weighted by Crippen LogP contribution is 2.57. The van der Waals surface area contributed by atoms with E-state index in [1.54, 1.807) is 0 Å². The molecule has 0 spiro atoms. The van der Waals surface area contributed by atoms with E-state index < -0.39 is 0 Å². The Labute approximate surface area is 128 Å². The molecule has 0 aromatic heterocycles. The van der Waals surface area contributed by atoms with Crippen LogP contribution in [0.5, 0.6) is 0 Å². The molecule has 2 bridgehead atoms. The van der Waals surface area contributed by atoms with E-state index >= 15 is 0 Å². The fourth-order valence-electron chi connectivity index (χ4n) is 4.62. The van der Waals surface area contributed by atoms with Gasteiger partial charge in [-0.25, -0.2) is 0 Å². The molecule has 2 heteroatoms. The van der Waals surface area contributed by atoms with Crippen LogP contribution in [0.1, 0.15) is 44.6 Å². The summed E-state index contributed by atoms with van der Waals surface area (Å²) in [7, 11) is 0. The summed E-state index contributed by atoms with van der Waals surface area (Å²) >= 11 is 6.17. The number of halogens is 1. The molecule has 2 aliphatic rings. The second-order valence-electron chi connectivity index (χ2n) is 6.93. The molecule has 20 heavy (non-hydrogen) atoms. The van der Waals surface area contributed by atoms with Gasteiger partial charge < -0.3 is 5.32 Å². The summed E-state index contributed by atoms with van der Waals surface area (Å²) in [6.07, 6.45) is 8.22. The number of benzene rings is 1. The van der Waals surface area contributed by atoms with Gasteiger partial charge in [-0.3, -0.25) is 0 Å². The van der Waals surface area contributed by atoms with E-state index in [0.717, 1.165) is 23.4 Å². The number of nitrogens with one attached hydrogen (secondary N) is 1. The third-order valence-electron chi connectivity index (χ3n) is 5.45. The molecular formula is C18H26ClN. The zero-order valence-electron chi connectivity index (χ0n) is 12.5. The van der Waals surface area contributed by atoms with Crippen molar-refractivity contribution in [2.24, 2.45) is 17.3 Å². The Balaban J connectivity index is 1.76. The lowest BCUT2D eigenvalue weighted by Crippen LogP contribution is -2.40. The second kappa shape index (κ2) is 6.07. The lowest BCUT2D eigenvalue weighted by Gasteiger charge is -2.38. The highest BCUT2D eigenvalue weighted by atomic mass is 35.5. The van der Waals surface area contributed by atoms with E-state index in [1.165, 1.54) is 50.6 Å². The topological polar surface area (TPSA) is 12.0 Å². The first-order valence-corrected chi connectivity index (χ1v) is 8.55. The molecule has 0 radical (unpaired) electrons. The largest absolute Gasteiger partial charge is 0.316 e. The summed E-state index contributed by atoms with van der Waals surface area (Å²) in [6.45, 7) is 4.58. The Morgan fingerprint density at radius 1 is 1.35 bits per heavy atom. The number of rotatable bonds is 6. The minimum Gasteiger partial charge on any atom is -0.316 e. The molecule has 110 valence electrons. The van der Waals surface area contributed by atoms with E-state index in [2.05, 4.69) is 30.4 Å². The van der Waals surface area contributed by atoms with Crippen molar-refractivity contribution in [2.45, 2.75) is 45.4 Å². The highest BCUT2D eigenvalue weighted by Gasteiger charge is 2.50. The molecule has 1 N–H and O–H groups in total. The minimum atomic E-state index is 0.489. The van der Waals surface area contributed by atoms with Crippen molar-refractivity contribution in [3.05, 3.63) is 34.9 Å². The molecule has 2 saturated carbocycles. The van der Waals surface area contributed by atoms with Crippen molar-refractivity contribution in [3.63, 3.8) is 0 Å². The van der Waals surface area contributed by atoms with Crippen molar-refractivity contribution < 1.29 is 0 Å². The van der Waals surface area contributed by atoms with E-state index in [4.69, 9.17) is 11.6 Å². The molecule has 1 aromatic rings. The van der Waals surface area contributed by atoms with Crippen molar-refractivity contribution in [1.29, 1.82) is 0 Å². The van der Waals surface area contributed by atoms with Gasteiger partial charge in [-0.1, -0.05) is 37.1 Å². The first-order chi connectivity index (χ1) is 9.72. The average Bonchev–Trinajstić information content (AvgIpc) is 3.00. The lowest BCUT2D eigenvalue weighted by atomic mass is 9.69. The zero-order valence-corrected chi connectivity index (χ0v) is 13.3. The number of hydrogen-bond acceptors (Lipinski definition) is 1. The number of hydrogen-bond donors (Lipinski definition) is 1. The smallest absolute Gasteiger partial charge is 0.0408 e. The molecule has 3 rings (SSSR count). The quantitative estimate of drug-likeness (QED) is 0.750. The van der Waals surface area contributed by atoms with Gasteiger partial charge >= 0.3 is 0 Å². The summed E-state index contributed by atoms with van der Waals surface area (Å²) in [5, 5.41) is 4.58. The zero-order chi connectivity index (χ0) is 14.0. The molecule has 3 unspecified atom stereocenters. The van der Waals surface area contributed by atoms with Crippen molar-refractivity contribution >= 4 is 11.6 Å². The van der Waals surface area contributed by atoms with Crippen LogP contribution >= 0.6 is 11.6 Å². The molecule has 1 nitrogen and oxygen atoms in total. The van der Waals surface area contributed by atoms with Crippen LogP contribution in [0, 0.1) is 17.3 Å². The Morgan fingerprint density at radius 2 is 2.25 bits per heavy atom. The summed E-state index contributed by atoms with van der Waals surface area (Å²) in [4.78, 5) is 0. The molecule has 3 atom stereocenters. The third-order valence-corrected chi connectivity index (χ3v) is 5.69. The number of fused-ring (bicyclic) bond motifs is 2. The first kappa shape index (κ1) is 14.4. The summed E-state index contributed by atoms with van der Waals surface area (Å²) in [5.41, 5.74) is 1.91. The highest BCUT2D eigenvalue weighted by molar-refractivity contribution is 6.30. The minimum absolute atomic E-state index is 0.489. The fraction of sp³-hybridized carbons (Fsp3) is 0.667. The lowest BCUT2D eigenvalue weighted by molar-refractivity contribution is 0.156. The Hall–Kier alpha value is -0.530. The molecule has 1 aromatic carbocycles. The Bertz CT molecular complexity index is 458. The van der Waals surface area contributed by atoms with Crippen LogP contribution in [0.2, 0.25) is 5.02 Å². The monoisotopic (exact) mass is 291 g/mol. The van der Waals surface area contributed by atoms with E-state index in [9.17, 15) is 0 Å². The van der Waals surface area contributed by atoms with Crippen molar-refractivity contribution in [1.82, 2.24) is 5.32 Å². The van der Waals surface area contributed by atoms with Crippen molar-refractivity contribution in [2.75, 3.05) is 13.1 Å². The molecule has 0 saturated heterocycles. The van der Waals surface area contributed by atoms with Crippen LogP contribution in [0.25, 0.3) is 0 Å². The van der Waals surface area contributed by atoms with Crippen LogP contribution in [0.15, 0.2) is 24.3 Å². The predicted octanol–water partition coefficient (Wildman–Crippen LogP) is 4.69. The maximum absolute atomic E-state index is 6.17. The fourth-order valence-corrected chi connectivity index (χ4v) is 4.83. The first-order valence-electron chi connectivity index (χ1n) is 8.17. The van der Waals surface area contributed by atoms with Gasteiger partial charge in [0, 0.05) is 11.6 Å². The summed E-state index contributed by atoms with van der Waals surface area (Å²) < 4.78 is 0. The molecule has 2 aliphatic carbocycles. The van der Waals surface area contributed by atoms with Crippen LogP contribution in [0.3, 0.4) is 0 Å². The third kappa shape index (κ3) is 2.89. The predicted molar refractivity (Wildman–Crippen MR) is 86.2 cm³/mol. The standard InChI is InChI=1S/C18H26ClN/c1-2-8-20-13-18(12-15-6-7-16(18)9-15)11-14-4-3-5-17(19)10-14/h3-5,10,15-16,20H,2,6-9,11-13H2,1H3. The molecule has 0 aliphatic heterocycles. The van der Waals surface area contributed by atoms with E-state index in [1.807, 2.05) is 6.07 Å². The van der Waals surface area contributed by atoms with Gasteiger partial charge in [-0.05, 0) is 73.6 Å². The van der Waals surface area contributed by atoms with E-state index in [0.29, 0.717) is 5.41 Å². The van der Waals surface area contributed by atoms with E-state index in [-0.39, 0.29) is 0 Å². The Morgan fingerprint density at radius 3 is 2.90 bits per heavy atom. The van der Waals surface area contributed by atoms with Gasteiger partial charge in [-0.2, -0.15) is 0 Å². The maximum Gasteiger partial charge on any atom is 0.0408 e. The summed E-state index contributed by atoms with van der Waals surface area (Å²) in [6, 6.07) is 8.49. The van der Waals surface area contributed by atoms with Crippen molar-refractivity contribution in [3.8, 4) is 0 Å².